The molecule has 9 nitrogen and oxygen atoms in total. The second-order valence-corrected chi connectivity index (χ2v) is 10.3. The molecule has 0 aliphatic heterocycles. The van der Waals surface area contributed by atoms with E-state index in [1.165, 1.54) is 48.5 Å². The molecule has 0 saturated carbocycles. The second kappa shape index (κ2) is 11.8. The minimum Gasteiger partial charge on any atom is -0.340 e. The van der Waals surface area contributed by atoms with Crippen molar-refractivity contribution in [1.29, 1.82) is 0 Å². The summed E-state index contributed by atoms with van der Waals surface area (Å²) in [6.07, 6.45) is 3.36. The molecular formula is C27H26FN5O4S. The van der Waals surface area contributed by atoms with Crippen LogP contribution in [0.3, 0.4) is 0 Å². The Hall–Kier alpha value is -4.35. The standard InChI is InChI=1S/C27H26FN5O4S/c1-33-18-29-16-23(33)17-30-38(36,37)24-13-11-22(12-14-24)31-27(35)25(15-19-5-3-2-4-6-19)32-26(34)20-7-9-21(28)10-8-20/h2-14,16,18,25,30H,15,17H2,1H3,(H,31,35)(H,32,34)/t25-/m0/s1. The highest BCUT2D eigenvalue weighted by Crippen LogP contribution is 2.16. The molecule has 0 bridgehead atoms. The van der Waals surface area contributed by atoms with Gasteiger partial charge in [-0.1, -0.05) is 30.3 Å². The number of rotatable bonds is 10. The highest BCUT2D eigenvalue weighted by Gasteiger charge is 2.23. The molecule has 1 heterocycles. The largest absolute Gasteiger partial charge is 0.340 e. The Balaban J connectivity index is 1.45. The van der Waals surface area contributed by atoms with Crippen LogP contribution in [0.2, 0.25) is 0 Å². The zero-order valence-corrected chi connectivity index (χ0v) is 21.3. The van der Waals surface area contributed by atoms with Gasteiger partial charge in [-0.3, -0.25) is 9.59 Å². The highest BCUT2D eigenvalue weighted by molar-refractivity contribution is 7.89. The van der Waals surface area contributed by atoms with Crippen molar-refractivity contribution in [2.45, 2.75) is 23.9 Å². The Morgan fingerprint density at radius 2 is 1.66 bits per heavy atom. The molecule has 11 heteroatoms. The maximum absolute atomic E-state index is 13.3. The summed E-state index contributed by atoms with van der Waals surface area (Å²) in [5.74, 6) is -1.49. The number of anilines is 1. The summed E-state index contributed by atoms with van der Waals surface area (Å²) in [6, 6.07) is 18.9. The molecule has 0 fully saturated rings. The summed E-state index contributed by atoms with van der Waals surface area (Å²) in [7, 11) is -2.03. The third kappa shape index (κ3) is 6.90. The first-order chi connectivity index (χ1) is 18.2. The van der Waals surface area contributed by atoms with Crippen molar-refractivity contribution >= 4 is 27.5 Å². The van der Waals surface area contributed by atoms with Gasteiger partial charge in [0, 0.05) is 30.9 Å². The fourth-order valence-electron chi connectivity index (χ4n) is 3.66. The van der Waals surface area contributed by atoms with E-state index in [0.29, 0.717) is 11.4 Å². The van der Waals surface area contributed by atoms with E-state index in [1.807, 2.05) is 30.3 Å². The van der Waals surface area contributed by atoms with E-state index in [-0.39, 0.29) is 23.4 Å². The third-order valence-corrected chi connectivity index (χ3v) is 7.22. The summed E-state index contributed by atoms with van der Waals surface area (Å²) in [5, 5.41) is 5.43. The third-order valence-electron chi connectivity index (χ3n) is 5.80. The molecule has 4 aromatic rings. The minimum absolute atomic E-state index is 0.0307. The van der Waals surface area contributed by atoms with Crippen LogP contribution in [0.4, 0.5) is 10.1 Å². The van der Waals surface area contributed by atoms with Crippen molar-refractivity contribution in [3.8, 4) is 0 Å². The number of aryl methyl sites for hydroxylation is 1. The Labute approximate surface area is 219 Å². The number of aromatic nitrogens is 2. The van der Waals surface area contributed by atoms with E-state index in [9.17, 15) is 22.4 Å². The molecule has 0 aliphatic rings. The van der Waals surface area contributed by atoms with Gasteiger partial charge in [0.05, 0.1) is 23.5 Å². The molecule has 4 rings (SSSR count). The molecule has 1 atom stereocenters. The van der Waals surface area contributed by atoms with Crippen LogP contribution in [-0.4, -0.2) is 35.8 Å². The molecule has 0 aliphatic carbocycles. The maximum Gasteiger partial charge on any atom is 0.251 e. The molecule has 1 aromatic heterocycles. The Kier molecular flexibility index (Phi) is 8.29. The van der Waals surface area contributed by atoms with Crippen LogP contribution in [0.15, 0.2) is 96.3 Å². The molecular weight excluding hydrogens is 509 g/mol. The van der Waals surface area contributed by atoms with E-state index in [0.717, 1.165) is 5.56 Å². The van der Waals surface area contributed by atoms with Gasteiger partial charge in [-0.25, -0.2) is 22.5 Å². The number of hydrogen-bond acceptors (Lipinski definition) is 5. The average Bonchev–Trinajstić information content (AvgIpc) is 3.33. The SMILES string of the molecule is Cn1cncc1CNS(=O)(=O)c1ccc(NC(=O)[C@H](Cc2ccccc2)NC(=O)c2ccc(F)cc2)cc1. The number of hydrogen-bond donors (Lipinski definition) is 3. The Morgan fingerprint density at radius 1 is 0.974 bits per heavy atom. The molecule has 0 radical (unpaired) electrons. The summed E-state index contributed by atoms with van der Waals surface area (Å²) in [5.41, 5.74) is 2.10. The number of carbonyl (C=O) groups excluding carboxylic acids is 2. The quantitative estimate of drug-likeness (QED) is 0.288. The minimum atomic E-state index is -3.79. The molecule has 0 spiro atoms. The van der Waals surface area contributed by atoms with E-state index >= 15 is 0 Å². The van der Waals surface area contributed by atoms with Gasteiger partial charge in [-0.15, -0.1) is 0 Å². The predicted molar refractivity (Wildman–Crippen MR) is 140 cm³/mol. The summed E-state index contributed by atoms with van der Waals surface area (Å²) < 4.78 is 42.8. The van der Waals surface area contributed by atoms with E-state index in [1.54, 1.807) is 24.1 Å². The number of benzene rings is 3. The predicted octanol–water partition coefficient (Wildman–Crippen LogP) is 3.02. The van der Waals surface area contributed by atoms with Crippen molar-refractivity contribution in [3.05, 3.63) is 114 Å². The number of carbonyl (C=O) groups is 2. The van der Waals surface area contributed by atoms with Gasteiger partial charge in [0.15, 0.2) is 0 Å². The van der Waals surface area contributed by atoms with Gasteiger partial charge >= 0.3 is 0 Å². The molecule has 0 saturated heterocycles. The first-order valence-corrected chi connectivity index (χ1v) is 13.2. The lowest BCUT2D eigenvalue weighted by Crippen LogP contribution is -2.45. The Morgan fingerprint density at radius 3 is 2.29 bits per heavy atom. The maximum atomic E-state index is 13.3. The van der Waals surface area contributed by atoms with Gasteiger partial charge in [-0.2, -0.15) is 0 Å². The first kappa shape index (κ1) is 26.7. The van der Waals surface area contributed by atoms with Crippen LogP contribution in [0.5, 0.6) is 0 Å². The number of nitrogens with zero attached hydrogens (tertiary/aromatic N) is 2. The van der Waals surface area contributed by atoms with Crippen LogP contribution in [0, 0.1) is 5.82 Å². The highest BCUT2D eigenvalue weighted by atomic mass is 32.2. The van der Waals surface area contributed by atoms with Crippen LogP contribution in [-0.2, 0) is 34.8 Å². The van der Waals surface area contributed by atoms with Crippen molar-refractivity contribution in [3.63, 3.8) is 0 Å². The van der Waals surface area contributed by atoms with Crippen molar-refractivity contribution < 1.29 is 22.4 Å². The summed E-state index contributed by atoms with van der Waals surface area (Å²) >= 11 is 0. The molecule has 3 N–H and O–H groups in total. The lowest BCUT2D eigenvalue weighted by Gasteiger charge is -2.19. The topological polar surface area (TPSA) is 122 Å². The Bertz CT molecular complexity index is 1510. The number of imidazole rings is 1. The van der Waals surface area contributed by atoms with Crippen molar-refractivity contribution in [1.82, 2.24) is 19.6 Å². The fraction of sp³-hybridized carbons (Fsp3) is 0.148. The van der Waals surface area contributed by atoms with Gasteiger partial charge < -0.3 is 15.2 Å². The fourth-order valence-corrected chi connectivity index (χ4v) is 4.65. The van der Waals surface area contributed by atoms with Crippen LogP contribution in [0.25, 0.3) is 0 Å². The number of nitrogens with one attached hydrogen (secondary N) is 3. The second-order valence-electron chi connectivity index (χ2n) is 8.56. The van der Waals surface area contributed by atoms with E-state index in [2.05, 4.69) is 20.3 Å². The normalized spacial score (nSPS) is 12.1. The summed E-state index contributed by atoms with van der Waals surface area (Å²) in [4.78, 5) is 29.9. The smallest absolute Gasteiger partial charge is 0.251 e. The molecule has 0 unspecified atom stereocenters. The molecule has 196 valence electrons. The number of halogens is 1. The van der Waals surface area contributed by atoms with Crippen molar-refractivity contribution in [2.24, 2.45) is 7.05 Å². The average molecular weight is 536 g/mol. The van der Waals surface area contributed by atoms with Crippen molar-refractivity contribution in [2.75, 3.05) is 5.32 Å². The van der Waals surface area contributed by atoms with Gasteiger partial charge in [0.1, 0.15) is 11.9 Å². The van der Waals surface area contributed by atoms with Crippen LogP contribution >= 0.6 is 0 Å². The van der Waals surface area contributed by atoms with E-state index in [4.69, 9.17) is 0 Å². The number of sulfonamides is 1. The van der Waals surface area contributed by atoms with Crippen LogP contribution < -0.4 is 15.4 Å². The monoisotopic (exact) mass is 535 g/mol. The van der Waals surface area contributed by atoms with Gasteiger partial charge in [-0.05, 0) is 54.1 Å². The zero-order chi connectivity index (χ0) is 27.1. The molecule has 3 aromatic carbocycles. The summed E-state index contributed by atoms with van der Waals surface area (Å²) in [6.45, 7) is 0.0756. The van der Waals surface area contributed by atoms with Crippen LogP contribution in [0.1, 0.15) is 21.6 Å². The molecule has 2 amide bonds. The lowest BCUT2D eigenvalue weighted by molar-refractivity contribution is -0.118. The lowest BCUT2D eigenvalue weighted by atomic mass is 10.0. The van der Waals surface area contributed by atoms with Gasteiger partial charge in [0.2, 0.25) is 15.9 Å². The number of amides is 2. The van der Waals surface area contributed by atoms with E-state index < -0.39 is 33.7 Å². The first-order valence-electron chi connectivity index (χ1n) is 11.7. The van der Waals surface area contributed by atoms with Gasteiger partial charge in [0.25, 0.3) is 5.91 Å². The molecule has 38 heavy (non-hydrogen) atoms. The zero-order valence-electron chi connectivity index (χ0n) is 20.5.